The van der Waals surface area contributed by atoms with Crippen molar-refractivity contribution in [2.45, 2.75) is 19.1 Å². The molecule has 31 heavy (non-hydrogen) atoms. The summed E-state index contributed by atoms with van der Waals surface area (Å²) in [5.41, 5.74) is 1.77. The molecule has 1 atom stereocenters. The molecule has 164 valence electrons. The lowest BCUT2D eigenvalue weighted by Gasteiger charge is -2.35. The number of amides is 2. The number of anilines is 1. The number of nitrogens with zero attached hydrogens (tertiary/aromatic N) is 2. The third kappa shape index (κ3) is 4.74. The van der Waals surface area contributed by atoms with E-state index in [9.17, 15) is 9.59 Å². The van der Waals surface area contributed by atoms with E-state index in [1.807, 2.05) is 35.2 Å². The molecule has 0 saturated carbocycles. The Kier molecular flexibility index (Phi) is 6.27. The molecule has 2 aliphatic rings. The van der Waals surface area contributed by atoms with Crippen molar-refractivity contribution in [3.8, 4) is 17.2 Å². The number of hydrogen-bond donors (Lipinski definition) is 1. The highest BCUT2D eigenvalue weighted by molar-refractivity contribution is 5.99. The van der Waals surface area contributed by atoms with Crippen molar-refractivity contribution in [2.24, 2.45) is 0 Å². The van der Waals surface area contributed by atoms with Crippen molar-refractivity contribution in [1.29, 1.82) is 0 Å². The Morgan fingerprint density at radius 1 is 1.06 bits per heavy atom. The zero-order chi connectivity index (χ0) is 21.8. The fourth-order valence-corrected chi connectivity index (χ4v) is 3.91. The van der Waals surface area contributed by atoms with Crippen LogP contribution in [0.2, 0.25) is 0 Å². The Labute approximate surface area is 181 Å². The van der Waals surface area contributed by atoms with Crippen molar-refractivity contribution in [3.63, 3.8) is 0 Å². The van der Waals surface area contributed by atoms with E-state index < -0.39 is 6.10 Å². The summed E-state index contributed by atoms with van der Waals surface area (Å²) in [6.07, 6.45) is -0.761. The molecule has 1 fully saturated rings. The average molecular weight is 425 g/mol. The minimum Gasteiger partial charge on any atom is -0.493 e. The third-order valence-electron chi connectivity index (χ3n) is 5.65. The van der Waals surface area contributed by atoms with Crippen molar-refractivity contribution >= 4 is 17.5 Å². The summed E-state index contributed by atoms with van der Waals surface area (Å²) in [5.74, 6) is 1.67. The highest BCUT2D eigenvalue weighted by atomic mass is 16.5. The maximum atomic E-state index is 12.8. The van der Waals surface area contributed by atoms with Crippen LogP contribution < -0.4 is 19.5 Å². The van der Waals surface area contributed by atoms with Gasteiger partial charge in [-0.1, -0.05) is 18.2 Å². The Bertz CT molecular complexity index is 956. The van der Waals surface area contributed by atoms with Crippen molar-refractivity contribution < 1.29 is 23.8 Å². The molecule has 0 radical (unpaired) electrons. The number of methoxy groups -OCH3 is 2. The first-order valence-electron chi connectivity index (χ1n) is 10.3. The second kappa shape index (κ2) is 9.26. The van der Waals surface area contributed by atoms with E-state index in [1.54, 1.807) is 26.4 Å². The van der Waals surface area contributed by atoms with Gasteiger partial charge >= 0.3 is 0 Å². The van der Waals surface area contributed by atoms with Crippen LogP contribution in [0.25, 0.3) is 0 Å². The van der Waals surface area contributed by atoms with Crippen LogP contribution in [0.4, 0.5) is 5.69 Å². The van der Waals surface area contributed by atoms with Crippen LogP contribution >= 0.6 is 0 Å². The number of piperazine rings is 1. The molecule has 2 amide bonds. The Morgan fingerprint density at radius 3 is 2.55 bits per heavy atom. The maximum absolute atomic E-state index is 12.8. The summed E-state index contributed by atoms with van der Waals surface area (Å²) in [6.45, 7) is 3.54. The molecule has 8 nitrogen and oxygen atoms in total. The van der Waals surface area contributed by atoms with Crippen LogP contribution in [0, 0.1) is 0 Å². The summed E-state index contributed by atoms with van der Waals surface area (Å²) in [4.78, 5) is 29.2. The molecule has 4 rings (SSSR count). The quantitative estimate of drug-likeness (QED) is 0.764. The molecule has 2 aromatic rings. The van der Waals surface area contributed by atoms with Gasteiger partial charge in [0.15, 0.2) is 17.6 Å². The predicted octanol–water partition coefficient (Wildman–Crippen LogP) is 2.14. The Hall–Kier alpha value is -3.26. The van der Waals surface area contributed by atoms with Crippen molar-refractivity contribution in [2.75, 3.05) is 45.7 Å². The van der Waals surface area contributed by atoms with Crippen LogP contribution in [0.1, 0.15) is 12.0 Å². The number of hydrogen-bond acceptors (Lipinski definition) is 6. The van der Waals surface area contributed by atoms with Crippen LogP contribution in [0.5, 0.6) is 17.2 Å². The van der Waals surface area contributed by atoms with Gasteiger partial charge in [0.1, 0.15) is 5.75 Å². The first kappa shape index (κ1) is 21.0. The van der Waals surface area contributed by atoms with Gasteiger partial charge in [-0.15, -0.1) is 0 Å². The van der Waals surface area contributed by atoms with Gasteiger partial charge in [0.2, 0.25) is 5.91 Å². The molecule has 1 N–H and O–H groups in total. The molecule has 2 aliphatic heterocycles. The Morgan fingerprint density at radius 2 is 1.81 bits per heavy atom. The summed E-state index contributed by atoms with van der Waals surface area (Å²) < 4.78 is 16.4. The topological polar surface area (TPSA) is 80.3 Å². The molecule has 2 aromatic carbocycles. The number of fused-ring (bicyclic) bond motifs is 1. The SMILES string of the molecule is COc1ccc(CN2CCN(C(=O)C[C@@H]3Oc4ccccc4NC3=O)CC2)cc1OC. The van der Waals surface area contributed by atoms with Crippen LogP contribution in [0.3, 0.4) is 0 Å². The molecule has 0 bridgehead atoms. The lowest BCUT2D eigenvalue weighted by Crippen LogP contribution is -2.50. The van der Waals surface area contributed by atoms with Gasteiger partial charge in [-0.2, -0.15) is 0 Å². The van der Waals surface area contributed by atoms with Crippen LogP contribution in [-0.4, -0.2) is 68.1 Å². The summed E-state index contributed by atoms with van der Waals surface area (Å²) in [5, 5.41) is 2.81. The monoisotopic (exact) mass is 425 g/mol. The van der Waals surface area contributed by atoms with Gasteiger partial charge in [0.25, 0.3) is 5.91 Å². The zero-order valence-electron chi connectivity index (χ0n) is 17.8. The van der Waals surface area contributed by atoms with Gasteiger partial charge in [0, 0.05) is 32.7 Å². The number of carbonyl (C=O) groups excluding carboxylic acids is 2. The summed E-state index contributed by atoms with van der Waals surface area (Å²) in [6, 6.07) is 13.1. The second-order valence-electron chi connectivity index (χ2n) is 7.64. The summed E-state index contributed by atoms with van der Waals surface area (Å²) in [7, 11) is 3.25. The smallest absolute Gasteiger partial charge is 0.266 e. The number of benzene rings is 2. The van der Waals surface area contributed by atoms with E-state index in [0.29, 0.717) is 36.0 Å². The molecule has 2 heterocycles. The zero-order valence-corrected chi connectivity index (χ0v) is 17.8. The van der Waals surface area contributed by atoms with Gasteiger partial charge in [-0.25, -0.2) is 0 Å². The van der Waals surface area contributed by atoms with Crippen LogP contribution in [-0.2, 0) is 16.1 Å². The van der Waals surface area contributed by atoms with E-state index in [1.165, 1.54) is 0 Å². The lowest BCUT2D eigenvalue weighted by molar-refractivity contribution is -0.138. The normalized spacial score (nSPS) is 18.6. The summed E-state index contributed by atoms with van der Waals surface area (Å²) >= 11 is 0. The highest BCUT2D eigenvalue weighted by Crippen LogP contribution is 2.30. The molecular weight excluding hydrogens is 398 g/mol. The van der Waals surface area contributed by atoms with Gasteiger partial charge in [-0.3, -0.25) is 14.5 Å². The molecule has 0 spiro atoms. The van der Waals surface area contributed by atoms with Crippen LogP contribution in [0.15, 0.2) is 42.5 Å². The van der Waals surface area contributed by atoms with Gasteiger partial charge in [0.05, 0.1) is 26.3 Å². The average Bonchev–Trinajstić information content (AvgIpc) is 2.80. The highest BCUT2D eigenvalue weighted by Gasteiger charge is 2.32. The second-order valence-corrected chi connectivity index (χ2v) is 7.64. The molecule has 0 aromatic heterocycles. The number of para-hydroxylation sites is 2. The van der Waals surface area contributed by atoms with E-state index in [0.717, 1.165) is 25.2 Å². The van der Waals surface area contributed by atoms with E-state index in [2.05, 4.69) is 10.2 Å². The molecular formula is C23H27N3O5. The van der Waals surface area contributed by atoms with E-state index in [4.69, 9.17) is 14.2 Å². The first-order chi connectivity index (χ1) is 15.1. The lowest BCUT2D eigenvalue weighted by atomic mass is 10.1. The first-order valence-corrected chi connectivity index (χ1v) is 10.3. The molecule has 1 saturated heterocycles. The number of nitrogens with one attached hydrogen (secondary N) is 1. The number of rotatable bonds is 6. The fraction of sp³-hybridized carbons (Fsp3) is 0.391. The molecule has 0 unspecified atom stereocenters. The molecule has 8 heteroatoms. The number of ether oxygens (including phenoxy) is 3. The largest absolute Gasteiger partial charge is 0.493 e. The van der Waals surface area contributed by atoms with Gasteiger partial charge in [-0.05, 0) is 29.8 Å². The van der Waals surface area contributed by atoms with Gasteiger partial charge < -0.3 is 24.4 Å². The minimum atomic E-state index is -0.799. The Balaban J connectivity index is 1.29. The van der Waals surface area contributed by atoms with E-state index >= 15 is 0 Å². The van der Waals surface area contributed by atoms with Crippen molar-refractivity contribution in [1.82, 2.24) is 9.80 Å². The standard InChI is InChI=1S/C23H27N3O5/c1-29-19-8-7-16(13-20(19)30-2)15-25-9-11-26(12-10-25)22(27)14-21-23(28)24-17-5-3-4-6-18(17)31-21/h3-8,13,21H,9-12,14-15H2,1-2H3,(H,24,28)/t21-/m0/s1. The minimum absolute atomic E-state index is 0.0375. The fourth-order valence-electron chi connectivity index (χ4n) is 3.91. The van der Waals surface area contributed by atoms with E-state index in [-0.39, 0.29) is 18.2 Å². The number of carbonyl (C=O) groups is 2. The predicted molar refractivity (Wildman–Crippen MR) is 116 cm³/mol. The third-order valence-corrected chi connectivity index (χ3v) is 5.65. The van der Waals surface area contributed by atoms with Crippen molar-refractivity contribution in [3.05, 3.63) is 48.0 Å². The molecule has 0 aliphatic carbocycles. The maximum Gasteiger partial charge on any atom is 0.266 e.